The highest BCUT2D eigenvalue weighted by Crippen LogP contribution is 2.33. The summed E-state index contributed by atoms with van der Waals surface area (Å²) in [7, 11) is 0. The molecular formula is C22H22FN7OS. The molecule has 0 bridgehead atoms. The van der Waals surface area contributed by atoms with Crippen LogP contribution in [-0.2, 0) is 0 Å². The monoisotopic (exact) mass is 451 g/mol. The normalized spacial score (nSPS) is 18.3. The largest absolute Gasteiger partial charge is 0.382 e. The number of aryl methyl sites for hydroxylation is 2. The van der Waals surface area contributed by atoms with E-state index >= 15 is 0 Å². The van der Waals surface area contributed by atoms with Crippen molar-refractivity contribution in [3.05, 3.63) is 58.6 Å². The van der Waals surface area contributed by atoms with Gasteiger partial charge in [-0.25, -0.2) is 19.3 Å². The average molecular weight is 452 g/mol. The number of amides is 1. The number of nitrogens with two attached hydrogens (primary N) is 1. The number of hydrogen-bond acceptors (Lipinski definition) is 7. The highest BCUT2D eigenvalue weighted by molar-refractivity contribution is 7.15. The van der Waals surface area contributed by atoms with E-state index in [1.165, 1.54) is 11.3 Å². The van der Waals surface area contributed by atoms with Gasteiger partial charge >= 0.3 is 0 Å². The van der Waals surface area contributed by atoms with Crippen molar-refractivity contribution in [2.75, 3.05) is 17.6 Å². The smallest absolute Gasteiger partial charge is 0.257 e. The third kappa shape index (κ3) is 3.61. The van der Waals surface area contributed by atoms with Crippen molar-refractivity contribution in [1.29, 1.82) is 0 Å². The first kappa shape index (κ1) is 20.5. The summed E-state index contributed by atoms with van der Waals surface area (Å²) < 4.78 is 15.7. The number of thiazole rings is 1. The minimum absolute atomic E-state index is 0.205. The van der Waals surface area contributed by atoms with Gasteiger partial charge in [-0.3, -0.25) is 14.5 Å². The standard InChI is InChI=1S/C22H22FN7OS/c1-11-12(2)32-22(27-11)29-21(31)14-5-3-13(4-6-14)17-18-19(24)25-7-8-30(18)20(28-17)16-9-15(23)10-26-16/h3-8,15-16,26H,9-10H2,1-2H3,(H2,24,25)(H,27,29,31)/t15-,16+/m1/s1. The van der Waals surface area contributed by atoms with Crippen LogP contribution in [0.25, 0.3) is 16.8 Å². The van der Waals surface area contributed by atoms with E-state index in [1.54, 1.807) is 24.5 Å². The third-order valence-corrected chi connectivity index (χ3v) is 6.66. The van der Waals surface area contributed by atoms with Crippen LogP contribution in [0.3, 0.4) is 0 Å². The molecule has 1 aromatic carbocycles. The van der Waals surface area contributed by atoms with Gasteiger partial charge in [0.15, 0.2) is 5.13 Å². The number of nitrogen functional groups attached to an aromatic ring is 1. The predicted octanol–water partition coefficient (Wildman–Crippen LogP) is 3.68. The maximum Gasteiger partial charge on any atom is 0.257 e. The molecule has 4 N–H and O–H groups in total. The Bertz CT molecular complexity index is 1290. The summed E-state index contributed by atoms with van der Waals surface area (Å²) in [5.41, 5.74) is 9.69. The first-order valence-electron chi connectivity index (χ1n) is 10.3. The molecule has 4 heterocycles. The molecule has 0 aliphatic carbocycles. The Morgan fingerprint density at radius 3 is 2.72 bits per heavy atom. The van der Waals surface area contributed by atoms with Gasteiger partial charge in [-0.15, -0.1) is 11.3 Å². The number of fused-ring (bicyclic) bond motifs is 1. The number of hydrogen-bond donors (Lipinski definition) is 3. The lowest BCUT2D eigenvalue weighted by Crippen LogP contribution is -2.16. The Kier molecular flexibility index (Phi) is 5.10. The highest BCUT2D eigenvalue weighted by Gasteiger charge is 2.30. The molecule has 4 aromatic rings. The van der Waals surface area contributed by atoms with Gasteiger partial charge in [0, 0.05) is 41.4 Å². The lowest BCUT2D eigenvalue weighted by molar-refractivity contribution is 0.102. The van der Waals surface area contributed by atoms with Crippen LogP contribution in [0.1, 0.15) is 39.2 Å². The number of alkyl halides is 1. The maximum atomic E-state index is 13.8. The number of rotatable bonds is 4. The SMILES string of the molecule is Cc1nc(NC(=O)c2ccc(-c3nc([C@@H]4C[C@@H](F)CN4)n4ccnc(N)c34)cc2)sc1C. The number of benzene rings is 1. The Morgan fingerprint density at radius 2 is 2.06 bits per heavy atom. The number of anilines is 2. The summed E-state index contributed by atoms with van der Waals surface area (Å²) in [6.07, 6.45) is 2.84. The van der Waals surface area contributed by atoms with Crippen molar-refractivity contribution >= 4 is 33.7 Å². The van der Waals surface area contributed by atoms with Crippen molar-refractivity contribution in [2.24, 2.45) is 0 Å². The second-order valence-corrected chi connectivity index (χ2v) is 9.04. The quantitative estimate of drug-likeness (QED) is 0.437. The van der Waals surface area contributed by atoms with Gasteiger partial charge in [0.25, 0.3) is 5.91 Å². The van der Waals surface area contributed by atoms with E-state index < -0.39 is 6.17 Å². The van der Waals surface area contributed by atoms with E-state index in [0.717, 1.165) is 16.1 Å². The van der Waals surface area contributed by atoms with Gasteiger partial charge < -0.3 is 11.1 Å². The van der Waals surface area contributed by atoms with E-state index in [2.05, 4.69) is 20.6 Å². The molecule has 2 atom stereocenters. The van der Waals surface area contributed by atoms with Crippen molar-refractivity contribution < 1.29 is 9.18 Å². The summed E-state index contributed by atoms with van der Waals surface area (Å²) in [6, 6.07) is 6.92. The minimum Gasteiger partial charge on any atom is -0.382 e. The van der Waals surface area contributed by atoms with Gasteiger partial charge in [0.05, 0.1) is 11.7 Å². The number of carbonyl (C=O) groups is 1. The molecule has 1 aliphatic rings. The van der Waals surface area contributed by atoms with Crippen LogP contribution in [-0.4, -0.2) is 38.0 Å². The van der Waals surface area contributed by atoms with Crippen molar-refractivity contribution in [2.45, 2.75) is 32.5 Å². The fraction of sp³-hybridized carbons (Fsp3) is 0.273. The van der Waals surface area contributed by atoms with Crippen LogP contribution in [0.2, 0.25) is 0 Å². The molecule has 3 aromatic heterocycles. The predicted molar refractivity (Wildman–Crippen MR) is 123 cm³/mol. The van der Waals surface area contributed by atoms with Crippen LogP contribution >= 0.6 is 11.3 Å². The van der Waals surface area contributed by atoms with Crippen LogP contribution in [0.4, 0.5) is 15.3 Å². The molecule has 1 aliphatic heterocycles. The van der Waals surface area contributed by atoms with E-state index in [9.17, 15) is 9.18 Å². The van der Waals surface area contributed by atoms with Crippen LogP contribution < -0.4 is 16.4 Å². The molecule has 164 valence electrons. The highest BCUT2D eigenvalue weighted by atomic mass is 32.1. The first-order chi connectivity index (χ1) is 15.4. The zero-order valence-corrected chi connectivity index (χ0v) is 18.4. The zero-order valence-electron chi connectivity index (χ0n) is 17.6. The Balaban J connectivity index is 1.47. The molecule has 5 rings (SSSR count). The number of carbonyl (C=O) groups excluding carboxylic acids is 1. The number of aromatic nitrogens is 4. The molecule has 1 saturated heterocycles. The van der Waals surface area contributed by atoms with Crippen molar-refractivity contribution in [3.63, 3.8) is 0 Å². The molecular weight excluding hydrogens is 429 g/mol. The fourth-order valence-corrected chi connectivity index (χ4v) is 4.71. The summed E-state index contributed by atoms with van der Waals surface area (Å²) >= 11 is 1.45. The Morgan fingerprint density at radius 1 is 1.28 bits per heavy atom. The summed E-state index contributed by atoms with van der Waals surface area (Å²) in [5.74, 6) is 0.805. The fourth-order valence-electron chi connectivity index (χ4n) is 3.90. The van der Waals surface area contributed by atoms with E-state index in [1.807, 2.05) is 30.4 Å². The molecule has 0 spiro atoms. The molecule has 10 heteroatoms. The maximum absolute atomic E-state index is 13.8. The third-order valence-electron chi connectivity index (χ3n) is 5.67. The molecule has 8 nitrogen and oxygen atoms in total. The number of nitrogens with zero attached hydrogens (tertiary/aromatic N) is 4. The van der Waals surface area contributed by atoms with E-state index in [0.29, 0.717) is 46.5 Å². The molecule has 0 unspecified atom stereocenters. The molecule has 0 radical (unpaired) electrons. The molecule has 1 amide bonds. The van der Waals surface area contributed by atoms with Gasteiger partial charge in [-0.2, -0.15) is 0 Å². The Hall–Kier alpha value is -3.37. The first-order valence-corrected chi connectivity index (χ1v) is 11.1. The average Bonchev–Trinajstić information content (AvgIpc) is 3.46. The summed E-state index contributed by atoms with van der Waals surface area (Å²) in [4.78, 5) is 27.0. The van der Waals surface area contributed by atoms with Gasteiger partial charge in [0.2, 0.25) is 0 Å². The van der Waals surface area contributed by atoms with Gasteiger partial charge in [0.1, 0.15) is 29.0 Å². The second-order valence-electron chi connectivity index (χ2n) is 7.84. The number of nitrogens with one attached hydrogen (secondary N) is 2. The van der Waals surface area contributed by atoms with Gasteiger partial charge in [-0.1, -0.05) is 12.1 Å². The molecule has 1 fully saturated rings. The molecule has 0 saturated carbocycles. The zero-order chi connectivity index (χ0) is 22.4. The lowest BCUT2D eigenvalue weighted by Gasteiger charge is -2.08. The van der Waals surface area contributed by atoms with Crippen molar-refractivity contribution in [1.82, 2.24) is 24.7 Å². The van der Waals surface area contributed by atoms with Crippen molar-refractivity contribution in [3.8, 4) is 11.3 Å². The lowest BCUT2D eigenvalue weighted by atomic mass is 10.1. The van der Waals surface area contributed by atoms with Crippen LogP contribution in [0, 0.1) is 13.8 Å². The topological polar surface area (TPSA) is 110 Å². The van der Waals surface area contributed by atoms with E-state index in [4.69, 9.17) is 10.7 Å². The number of halogens is 1. The Labute approximate surface area is 187 Å². The minimum atomic E-state index is -0.904. The summed E-state index contributed by atoms with van der Waals surface area (Å²) in [6.45, 7) is 4.18. The molecule has 32 heavy (non-hydrogen) atoms. The van der Waals surface area contributed by atoms with E-state index in [-0.39, 0.29) is 11.9 Å². The second kappa shape index (κ2) is 7.95. The van der Waals surface area contributed by atoms with Gasteiger partial charge in [-0.05, 0) is 26.0 Å². The summed E-state index contributed by atoms with van der Waals surface area (Å²) in [5, 5.41) is 6.59. The van der Waals surface area contributed by atoms with Crippen LogP contribution in [0.15, 0.2) is 36.7 Å². The number of imidazole rings is 1. The van der Waals surface area contributed by atoms with Crippen LogP contribution in [0.5, 0.6) is 0 Å².